The second kappa shape index (κ2) is 30.8. The number of ether oxygens (including phenoxy) is 1. The van der Waals surface area contributed by atoms with Crippen molar-refractivity contribution in [1.82, 2.24) is 4.58 Å². The van der Waals surface area contributed by atoms with E-state index < -0.39 is 6.15 Å². The zero-order chi connectivity index (χ0) is 53.2. The Morgan fingerprint density at radius 2 is 0.921 bits per heavy atom. The zero-order valence-electron chi connectivity index (χ0n) is 46.9. The number of hydrogen-bond acceptors (Lipinski definition) is 4. The number of benzene rings is 7. The van der Waals surface area contributed by atoms with Gasteiger partial charge in [0, 0.05) is 47.4 Å². The quantitative estimate of drug-likeness (QED) is 0.0161. The topological polar surface area (TPSA) is 45.7 Å². The molecule has 6 heteroatoms. The van der Waals surface area contributed by atoms with Crippen molar-refractivity contribution in [3.63, 3.8) is 0 Å². The number of fused-ring (bicyclic) bond motifs is 2. The fourth-order valence-electron chi connectivity index (χ4n) is 11.6. The number of unbranched alkanes of at least 4 members (excludes halogenated alkanes) is 15. The number of rotatable bonds is 28. The summed E-state index contributed by atoms with van der Waals surface area (Å²) in [5.74, 6) is 0.558. The summed E-state index contributed by atoms with van der Waals surface area (Å²) in [6, 6.07) is 64.4. The highest BCUT2D eigenvalue weighted by atomic mass is 16.5. The standard InChI is InChI=1S/C46H67N2O3.C24H20B/c1-6-11-12-13-14-15-16-17-18-19-20-21-22-23-24-27-34-50-46(49)40-29-26-25-28-39(40)45-41-32-30-37(47(7-2)8-3)35-43(41)51-44-36-38(31-33-42(44)45)48(9-4)10-5;1-5-13-21(14-6-1)25(22-15-7-2-8-16-22,23-17-9-3-10-18-23)24-19-11-4-12-20-24/h25-26,28-33,35-36H,6-24,27,34H2,1-5H3;1-20H/q+1;-1. The zero-order valence-corrected chi connectivity index (χ0v) is 46.9. The molecule has 76 heavy (non-hydrogen) atoms. The Morgan fingerprint density at radius 1 is 0.474 bits per heavy atom. The van der Waals surface area contributed by atoms with E-state index in [1.54, 1.807) is 0 Å². The smallest absolute Gasteiger partial charge is 0.338 e. The molecule has 8 rings (SSSR count). The third-order valence-corrected chi connectivity index (χ3v) is 15.8. The lowest BCUT2D eigenvalue weighted by Gasteiger charge is -2.44. The molecule has 0 radical (unpaired) electrons. The highest BCUT2D eigenvalue weighted by molar-refractivity contribution is 7.19. The van der Waals surface area contributed by atoms with Gasteiger partial charge >= 0.3 is 5.97 Å². The van der Waals surface area contributed by atoms with E-state index in [1.165, 1.54) is 112 Å². The van der Waals surface area contributed by atoms with Gasteiger partial charge in [0.15, 0.2) is 0 Å². The summed E-state index contributed by atoms with van der Waals surface area (Å²) >= 11 is 0. The van der Waals surface area contributed by atoms with Crippen LogP contribution >= 0.6 is 0 Å². The molecule has 0 saturated heterocycles. The Kier molecular flexibility index (Phi) is 23.1. The molecule has 398 valence electrons. The molecule has 0 unspecified atom stereocenters. The van der Waals surface area contributed by atoms with Gasteiger partial charge in [-0.3, -0.25) is 0 Å². The van der Waals surface area contributed by atoms with Gasteiger partial charge in [-0.15, -0.1) is 0 Å². The fourth-order valence-corrected chi connectivity index (χ4v) is 11.6. The Bertz CT molecular complexity index is 2800. The molecular weight excluding hydrogens is 928 g/mol. The van der Waals surface area contributed by atoms with E-state index in [2.05, 4.69) is 208 Å². The number of carbonyl (C=O) groups excluding carboxylic acids is 1. The van der Waals surface area contributed by atoms with Crippen LogP contribution in [0.25, 0.3) is 33.4 Å². The first-order valence-electron chi connectivity index (χ1n) is 29.5. The number of esters is 1. The fraction of sp³-hybridized carbons (Fsp3) is 0.371. The molecule has 0 saturated carbocycles. The van der Waals surface area contributed by atoms with Gasteiger partial charge in [-0.25, -0.2) is 9.37 Å². The lowest BCUT2D eigenvalue weighted by molar-refractivity contribution is 0.0498. The normalized spacial score (nSPS) is 11.3. The summed E-state index contributed by atoms with van der Waals surface area (Å²) in [6.07, 6.45) is 20.0. The van der Waals surface area contributed by atoms with Crippen LogP contribution in [0.1, 0.15) is 148 Å². The first-order valence-corrected chi connectivity index (χ1v) is 29.5. The Balaban J connectivity index is 0.000000278. The van der Waals surface area contributed by atoms with E-state index in [1.807, 2.05) is 18.2 Å². The van der Waals surface area contributed by atoms with Crippen molar-refractivity contribution in [2.45, 2.75) is 137 Å². The van der Waals surface area contributed by atoms with Crippen LogP contribution in [0.15, 0.2) is 186 Å². The minimum atomic E-state index is -1.22. The molecule has 0 amide bonds. The van der Waals surface area contributed by atoms with Gasteiger partial charge in [0.1, 0.15) is 30.6 Å². The summed E-state index contributed by atoms with van der Waals surface area (Å²) < 4.78 is 14.9. The van der Waals surface area contributed by atoms with Crippen molar-refractivity contribution >= 4 is 50.6 Å². The van der Waals surface area contributed by atoms with Crippen LogP contribution in [0, 0.1) is 0 Å². The summed E-state index contributed by atoms with van der Waals surface area (Å²) in [6.45, 7) is 15.1. The molecule has 6 aromatic rings. The molecule has 5 nitrogen and oxygen atoms in total. The molecule has 0 N–H and O–H groups in total. The van der Waals surface area contributed by atoms with Gasteiger partial charge in [0.05, 0.1) is 18.2 Å². The molecule has 0 aromatic heterocycles. The van der Waals surface area contributed by atoms with Crippen molar-refractivity contribution < 1.29 is 13.9 Å². The predicted molar refractivity (Wildman–Crippen MR) is 328 cm³/mol. The summed E-state index contributed by atoms with van der Waals surface area (Å²) in [5.41, 5.74) is 10.8. The molecule has 0 fully saturated rings. The van der Waals surface area contributed by atoms with Crippen molar-refractivity contribution in [2.24, 2.45) is 0 Å². The van der Waals surface area contributed by atoms with E-state index >= 15 is 0 Å². The Morgan fingerprint density at radius 3 is 1.38 bits per heavy atom. The first kappa shape index (κ1) is 57.1. The van der Waals surface area contributed by atoms with Gasteiger partial charge in [-0.2, -0.15) is 21.9 Å². The summed E-state index contributed by atoms with van der Waals surface area (Å²) in [7, 11) is 0. The lowest BCUT2D eigenvalue weighted by atomic mass is 9.13. The average Bonchev–Trinajstić information content (AvgIpc) is 3.48. The van der Waals surface area contributed by atoms with Crippen LogP contribution in [0.5, 0.6) is 0 Å². The largest absolute Gasteiger partial charge is 0.462 e. The molecule has 0 atom stereocenters. The molecular formula is C70H87BN2O3. The van der Waals surface area contributed by atoms with Crippen LogP contribution in [-0.4, -0.2) is 44.9 Å². The first-order chi connectivity index (χ1) is 37.5. The maximum atomic E-state index is 13.7. The molecule has 1 aliphatic heterocycles. The molecule has 2 aliphatic rings. The number of anilines is 1. The van der Waals surface area contributed by atoms with Gasteiger partial charge in [0.25, 0.3) is 0 Å². The Labute approximate surface area is 457 Å². The van der Waals surface area contributed by atoms with Crippen molar-refractivity contribution in [3.8, 4) is 22.5 Å². The van der Waals surface area contributed by atoms with E-state index in [-0.39, 0.29) is 5.97 Å². The SMILES string of the molecule is CCCCCCCCCCCCCCCCCCOC(=O)c1ccccc1-c1c2ccc(=[N+](CC)CC)cc-2oc2cc(N(CC)CC)ccc12.c1ccc([B-](c2ccccc2)(c2ccccc2)c2ccccc2)cc1. The highest BCUT2D eigenvalue weighted by Crippen LogP contribution is 2.42. The van der Waals surface area contributed by atoms with E-state index in [9.17, 15) is 4.79 Å². The third-order valence-electron chi connectivity index (χ3n) is 15.8. The van der Waals surface area contributed by atoms with Crippen LogP contribution < -0.4 is 36.7 Å². The summed E-state index contributed by atoms with van der Waals surface area (Å²) in [5, 5.41) is 2.12. The maximum absolute atomic E-state index is 13.7. The van der Waals surface area contributed by atoms with Crippen LogP contribution in [-0.2, 0) is 4.74 Å². The lowest BCUT2D eigenvalue weighted by Crippen LogP contribution is -2.74. The number of nitrogens with zero attached hydrogens (tertiary/aromatic N) is 2. The molecule has 0 spiro atoms. The summed E-state index contributed by atoms with van der Waals surface area (Å²) in [4.78, 5) is 16.0. The van der Waals surface area contributed by atoms with E-state index in [4.69, 9.17) is 9.15 Å². The number of carbonyl (C=O) groups is 1. The number of hydrogen-bond donors (Lipinski definition) is 0. The van der Waals surface area contributed by atoms with Crippen molar-refractivity contribution in [1.29, 1.82) is 0 Å². The van der Waals surface area contributed by atoms with Crippen molar-refractivity contribution in [3.05, 3.63) is 193 Å². The highest BCUT2D eigenvalue weighted by Gasteiger charge is 2.31. The van der Waals surface area contributed by atoms with E-state index in [0.717, 1.165) is 83.5 Å². The second-order valence-corrected chi connectivity index (χ2v) is 20.7. The van der Waals surface area contributed by atoms with Gasteiger partial charge < -0.3 is 14.1 Å². The van der Waals surface area contributed by atoms with Crippen LogP contribution in [0.3, 0.4) is 0 Å². The molecule has 0 bridgehead atoms. The van der Waals surface area contributed by atoms with Gasteiger partial charge in [-0.1, -0.05) is 243 Å². The third kappa shape index (κ3) is 14.8. The average molecular weight is 1020 g/mol. The minimum absolute atomic E-state index is 0.256. The molecule has 6 aromatic carbocycles. The Hall–Kier alpha value is -6.66. The second-order valence-electron chi connectivity index (χ2n) is 20.7. The van der Waals surface area contributed by atoms with Gasteiger partial charge in [-0.05, 0) is 63.9 Å². The maximum Gasteiger partial charge on any atom is 0.338 e. The molecule has 1 aliphatic carbocycles. The van der Waals surface area contributed by atoms with E-state index in [0.29, 0.717) is 12.2 Å². The predicted octanol–water partition coefficient (Wildman–Crippen LogP) is 15.3. The minimum Gasteiger partial charge on any atom is -0.462 e. The molecule has 1 heterocycles. The van der Waals surface area contributed by atoms with Crippen molar-refractivity contribution in [2.75, 3.05) is 37.7 Å². The van der Waals surface area contributed by atoms with Crippen LogP contribution in [0.4, 0.5) is 5.69 Å². The van der Waals surface area contributed by atoms with Crippen LogP contribution in [0.2, 0.25) is 0 Å². The monoisotopic (exact) mass is 1010 g/mol. The van der Waals surface area contributed by atoms with Gasteiger partial charge in [0.2, 0.25) is 5.36 Å².